The van der Waals surface area contributed by atoms with E-state index in [1.807, 2.05) is 6.07 Å². The van der Waals surface area contributed by atoms with E-state index in [2.05, 4.69) is 52.0 Å². The molecule has 0 heterocycles. The Morgan fingerprint density at radius 3 is 1.83 bits per heavy atom. The number of hydrogen-bond donors (Lipinski definition) is 0. The van der Waals surface area contributed by atoms with E-state index in [-0.39, 0.29) is 0 Å². The highest BCUT2D eigenvalue weighted by atomic mass is 28.4. The second-order valence-electron chi connectivity index (χ2n) is 4.89. The Balaban J connectivity index is 3.03. The van der Waals surface area contributed by atoms with Gasteiger partial charge < -0.3 is 8.85 Å². The van der Waals surface area contributed by atoms with Gasteiger partial charge in [-0.05, 0) is 18.0 Å². The molecule has 0 saturated heterocycles. The van der Waals surface area contributed by atoms with Crippen LogP contribution in [0.3, 0.4) is 0 Å². The molecule has 0 aliphatic carbocycles. The van der Waals surface area contributed by atoms with Gasteiger partial charge in [0.25, 0.3) is 0 Å². The largest absolute Gasteiger partial charge is 0.391 e. The molecule has 3 heteroatoms. The SMILES string of the molecule is CCCO[Si](OCCC)(c1ccccc1)C(C)C. The normalized spacial score (nSPS) is 12.1. The summed E-state index contributed by atoms with van der Waals surface area (Å²) in [5.41, 5.74) is 0.415. The highest BCUT2D eigenvalue weighted by Gasteiger charge is 2.43. The van der Waals surface area contributed by atoms with Gasteiger partial charge in [-0.1, -0.05) is 58.0 Å². The highest BCUT2D eigenvalue weighted by Crippen LogP contribution is 2.24. The summed E-state index contributed by atoms with van der Waals surface area (Å²) in [5, 5.41) is 1.25. The molecular weight excluding hydrogens is 240 g/mol. The van der Waals surface area contributed by atoms with Crippen molar-refractivity contribution >= 4 is 13.7 Å². The molecule has 0 N–H and O–H groups in total. The smallest absolute Gasteiger partial charge is 0.375 e. The van der Waals surface area contributed by atoms with E-state index in [4.69, 9.17) is 8.85 Å². The summed E-state index contributed by atoms with van der Waals surface area (Å²) in [6.07, 6.45) is 2.06. The van der Waals surface area contributed by atoms with Crippen molar-refractivity contribution in [2.75, 3.05) is 13.2 Å². The molecule has 0 unspecified atom stereocenters. The Hall–Kier alpha value is -0.643. The number of rotatable bonds is 8. The fraction of sp³-hybridized carbons (Fsp3) is 0.600. The first-order chi connectivity index (χ1) is 8.67. The van der Waals surface area contributed by atoms with E-state index in [1.165, 1.54) is 5.19 Å². The Bertz CT molecular complexity index is 317. The average molecular weight is 266 g/mol. The minimum absolute atomic E-state index is 0.415. The van der Waals surface area contributed by atoms with Crippen LogP contribution in [0.5, 0.6) is 0 Å². The summed E-state index contributed by atoms with van der Waals surface area (Å²) in [6, 6.07) is 10.5. The number of benzene rings is 1. The minimum atomic E-state index is -2.29. The molecule has 0 spiro atoms. The van der Waals surface area contributed by atoms with Crippen LogP contribution < -0.4 is 5.19 Å². The molecule has 0 saturated carbocycles. The first-order valence-corrected chi connectivity index (χ1v) is 8.90. The lowest BCUT2D eigenvalue weighted by molar-refractivity contribution is 0.173. The van der Waals surface area contributed by atoms with Crippen molar-refractivity contribution in [1.82, 2.24) is 0 Å². The van der Waals surface area contributed by atoms with E-state index in [1.54, 1.807) is 0 Å². The van der Waals surface area contributed by atoms with Crippen LogP contribution in [-0.2, 0) is 8.85 Å². The molecule has 18 heavy (non-hydrogen) atoms. The minimum Gasteiger partial charge on any atom is -0.391 e. The molecule has 0 fully saturated rings. The third-order valence-corrected chi connectivity index (χ3v) is 6.90. The predicted octanol–water partition coefficient (Wildman–Crippen LogP) is 3.60. The van der Waals surface area contributed by atoms with Crippen LogP contribution in [0.2, 0.25) is 5.54 Å². The van der Waals surface area contributed by atoms with Gasteiger partial charge in [-0.3, -0.25) is 0 Å². The van der Waals surface area contributed by atoms with Gasteiger partial charge in [0.1, 0.15) is 0 Å². The molecule has 102 valence electrons. The van der Waals surface area contributed by atoms with Crippen molar-refractivity contribution in [3.05, 3.63) is 30.3 Å². The Kier molecular flexibility index (Phi) is 6.61. The Morgan fingerprint density at radius 2 is 1.44 bits per heavy atom. The van der Waals surface area contributed by atoms with Crippen LogP contribution in [0.1, 0.15) is 40.5 Å². The second kappa shape index (κ2) is 7.72. The first-order valence-electron chi connectivity index (χ1n) is 7.00. The van der Waals surface area contributed by atoms with Gasteiger partial charge in [0.2, 0.25) is 0 Å². The zero-order chi connectivity index (χ0) is 13.4. The van der Waals surface area contributed by atoms with E-state index in [0.29, 0.717) is 5.54 Å². The summed E-state index contributed by atoms with van der Waals surface area (Å²) >= 11 is 0. The van der Waals surface area contributed by atoms with Crippen molar-refractivity contribution in [3.8, 4) is 0 Å². The van der Waals surface area contributed by atoms with Gasteiger partial charge in [-0.2, -0.15) is 0 Å². The molecule has 2 nitrogen and oxygen atoms in total. The summed E-state index contributed by atoms with van der Waals surface area (Å²) in [4.78, 5) is 0. The molecule has 1 rings (SSSR count). The standard InChI is InChI=1S/C15H26O2Si/c1-5-12-16-18(14(3)4,17-13-6-2)15-10-8-7-9-11-15/h7-11,14H,5-6,12-13H2,1-4H3. The fourth-order valence-electron chi connectivity index (χ4n) is 2.05. The third kappa shape index (κ3) is 3.67. The van der Waals surface area contributed by atoms with Gasteiger partial charge in [0, 0.05) is 18.8 Å². The van der Waals surface area contributed by atoms with Crippen LogP contribution >= 0.6 is 0 Å². The second-order valence-corrected chi connectivity index (χ2v) is 8.53. The van der Waals surface area contributed by atoms with E-state index < -0.39 is 8.56 Å². The van der Waals surface area contributed by atoms with Crippen LogP contribution in [0.15, 0.2) is 30.3 Å². The lowest BCUT2D eigenvalue weighted by Gasteiger charge is -2.34. The van der Waals surface area contributed by atoms with Gasteiger partial charge >= 0.3 is 8.56 Å². The van der Waals surface area contributed by atoms with Gasteiger partial charge in [-0.25, -0.2) is 0 Å². The van der Waals surface area contributed by atoms with Crippen LogP contribution in [0.25, 0.3) is 0 Å². The molecule has 1 aromatic rings. The monoisotopic (exact) mass is 266 g/mol. The molecule has 1 aromatic carbocycles. The van der Waals surface area contributed by atoms with Crippen molar-refractivity contribution in [2.24, 2.45) is 0 Å². The molecule has 0 bridgehead atoms. The van der Waals surface area contributed by atoms with E-state index in [0.717, 1.165) is 26.1 Å². The number of hydrogen-bond acceptors (Lipinski definition) is 2. The van der Waals surface area contributed by atoms with Gasteiger partial charge in [0.05, 0.1) is 0 Å². The molecule has 0 aliphatic heterocycles. The van der Waals surface area contributed by atoms with Gasteiger partial charge in [-0.15, -0.1) is 0 Å². The van der Waals surface area contributed by atoms with Crippen LogP contribution in [0, 0.1) is 0 Å². The molecule has 0 atom stereocenters. The van der Waals surface area contributed by atoms with Crippen molar-refractivity contribution < 1.29 is 8.85 Å². The first kappa shape index (κ1) is 15.4. The van der Waals surface area contributed by atoms with Crippen LogP contribution in [-0.4, -0.2) is 21.8 Å². The summed E-state index contributed by atoms with van der Waals surface area (Å²) in [5.74, 6) is 0. The van der Waals surface area contributed by atoms with E-state index >= 15 is 0 Å². The maximum atomic E-state index is 6.25. The predicted molar refractivity (Wildman–Crippen MR) is 79.4 cm³/mol. The van der Waals surface area contributed by atoms with Crippen molar-refractivity contribution in [2.45, 2.75) is 46.1 Å². The zero-order valence-corrected chi connectivity index (χ0v) is 13.1. The average Bonchev–Trinajstić information content (AvgIpc) is 2.40. The van der Waals surface area contributed by atoms with Gasteiger partial charge in [0.15, 0.2) is 0 Å². The summed E-state index contributed by atoms with van der Waals surface area (Å²) < 4.78 is 12.5. The summed E-state index contributed by atoms with van der Waals surface area (Å²) in [6.45, 7) is 10.3. The Labute approximate surface area is 113 Å². The van der Waals surface area contributed by atoms with E-state index in [9.17, 15) is 0 Å². The molecule has 0 aliphatic rings. The van der Waals surface area contributed by atoms with Crippen molar-refractivity contribution in [1.29, 1.82) is 0 Å². The summed E-state index contributed by atoms with van der Waals surface area (Å²) in [7, 11) is -2.29. The van der Waals surface area contributed by atoms with Crippen molar-refractivity contribution in [3.63, 3.8) is 0 Å². The topological polar surface area (TPSA) is 18.5 Å². The van der Waals surface area contributed by atoms with Crippen LogP contribution in [0.4, 0.5) is 0 Å². The molecule has 0 aromatic heterocycles. The highest BCUT2D eigenvalue weighted by molar-refractivity contribution is 6.82. The molecule has 0 radical (unpaired) electrons. The Morgan fingerprint density at radius 1 is 0.944 bits per heavy atom. The molecular formula is C15H26O2Si. The maximum absolute atomic E-state index is 6.25. The zero-order valence-electron chi connectivity index (χ0n) is 12.1. The maximum Gasteiger partial charge on any atom is 0.375 e. The molecule has 0 amide bonds. The lowest BCUT2D eigenvalue weighted by Crippen LogP contribution is -2.56. The quantitative estimate of drug-likeness (QED) is 0.669. The fourth-order valence-corrected chi connectivity index (χ4v) is 5.47. The third-order valence-electron chi connectivity index (χ3n) is 2.98. The lowest BCUT2D eigenvalue weighted by atomic mass is 10.4.